The van der Waals surface area contributed by atoms with E-state index in [-0.39, 0.29) is 0 Å². The molecule has 0 aromatic carbocycles. The van der Waals surface area contributed by atoms with Crippen LogP contribution in [0, 0.1) is 5.92 Å². The molecule has 0 aliphatic rings. The number of nitrogens with zero attached hydrogens (tertiary/aromatic N) is 1. The summed E-state index contributed by atoms with van der Waals surface area (Å²) < 4.78 is 0.769. The molecule has 0 saturated heterocycles. The van der Waals surface area contributed by atoms with Gasteiger partial charge in [0.2, 0.25) is 0 Å². The van der Waals surface area contributed by atoms with Gasteiger partial charge in [0.1, 0.15) is 11.9 Å². The molecular weight excluding hydrogens is 272 g/mol. The van der Waals surface area contributed by atoms with Gasteiger partial charge in [-0.15, -0.1) is 0 Å². The number of hydrogen-bond acceptors (Lipinski definition) is 3. The molecule has 0 radical (unpaired) electrons. The van der Waals surface area contributed by atoms with Crippen LogP contribution in [0.4, 0.5) is 5.82 Å². The molecule has 1 rings (SSSR count). The van der Waals surface area contributed by atoms with Crippen molar-refractivity contribution in [1.29, 1.82) is 0 Å². The smallest absolute Gasteiger partial charge is 0.326 e. The van der Waals surface area contributed by atoms with Crippen molar-refractivity contribution >= 4 is 27.7 Å². The third-order valence-electron chi connectivity index (χ3n) is 2.07. The Balaban J connectivity index is 2.76. The molecular formula is C11H15BrN2O2. The van der Waals surface area contributed by atoms with Crippen LogP contribution in [0.3, 0.4) is 0 Å². The minimum atomic E-state index is -0.855. The highest BCUT2D eigenvalue weighted by molar-refractivity contribution is 9.10. The molecule has 0 spiro atoms. The van der Waals surface area contributed by atoms with Gasteiger partial charge < -0.3 is 10.4 Å². The molecule has 1 aromatic rings. The number of anilines is 1. The number of carboxylic acids is 1. The van der Waals surface area contributed by atoms with Gasteiger partial charge in [-0.05, 0) is 40.4 Å². The highest BCUT2D eigenvalue weighted by Crippen LogP contribution is 2.20. The molecule has 0 aliphatic carbocycles. The number of aromatic nitrogens is 1. The van der Waals surface area contributed by atoms with Gasteiger partial charge in [0.25, 0.3) is 0 Å². The predicted molar refractivity (Wildman–Crippen MR) is 66.4 cm³/mol. The lowest BCUT2D eigenvalue weighted by Crippen LogP contribution is -2.31. The summed E-state index contributed by atoms with van der Waals surface area (Å²) in [5.41, 5.74) is 0. The lowest BCUT2D eigenvalue weighted by molar-refractivity contribution is -0.138. The molecule has 16 heavy (non-hydrogen) atoms. The largest absolute Gasteiger partial charge is 0.480 e. The van der Waals surface area contributed by atoms with E-state index in [1.54, 1.807) is 12.3 Å². The second kappa shape index (κ2) is 5.84. The lowest BCUT2D eigenvalue weighted by atomic mass is 10.0. The van der Waals surface area contributed by atoms with Crippen molar-refractivity contribution in [3.05, 3.63) is 22.8 Å². The summed E-state index contributed by atoms with van der Waals surface area (Å²) >= 11 is 3.32. The summed E-state index contributed by atoms with van der Waals surface area (Å²) in [7, 11) is 0. The fraction of sp³-hybridized carbons (Fsp3) is 0.455. The van der Waals surface area contributed by atoms with Crippen molar-refractivity contribution < 1.29 is 9.90 Å². The fourth-order valence-corrected chi connectivity index (χ4v) is 1.72. The molecule has 0 amide bonds. The number of carbonyl (C=O) groups is 1. The molecule has 1 heterocycles. The average molecular weight is 287 g/mol. The first kappa shape index (κ1) is 13.0. The molecule has 2 N–H and O–H groups in total. The van der Waals surface area contributed by atoms with E-state index in [9.17, 15) is 4.79 Å². The van der Waals surface area contributed by atoms with Crippen LogP contribution in [0.15, 0.2) is 22.8 Å². The molecule has 1 aromatic heterocycles. The van der Waals surface area contributed by atoms with Crippen molar-refractivity contribution in [2.24, 2.45) is 5.92 Å². The summed E-state index contributed by atoms with van der Waals surface area (Å²) in [5, 5.41) is 12.0. The van der Waals surface area contributed by atoms with Gasteiger partial charge in [-0.1, -0.05) is 13.8 Å². The van der Waals surface area contributed by atoms with Gasteiger partial charge in [0.15, 0.2) is 0 Å². The Labute approximate surface area is 103 Å². The van der Waals surface area contributed by atoms with E-state index in [0.717, 1.165) is 4.47 Å². The summed E-state index contributed by atoms with van der Waals surface area (Å²) in [6.07, 6.45) is 2.19. The highest BCUT2D eigenvalue weighted by Gasteiger charge is 2.19. The van der Waals surface area contributed by atoms with Crippen molar-refractivity contribution in [1.82, 2.24) is 4.98 Å². The minimum absolute atomic E-state index is 0.316. The van der Waals surface area contributed by atoms with E-state index in [0.29, 0.717) is 18.2 Å². The van der Waals surface area contributed by atoms with Gasteiger partial charge in [-0.25, -0.2) is 9.78 Å². The van der Waals surface area contributed by atoms with Crippen molar-refractivity contribution in [2.75, 3.05) is 5.32 Å². The first-order valence-corrected chi connectivity index (χ1v) is 5.90. The maximum Gasteiger partial charge on any atom is 0.326 e. The van der Waals surface area contributed by atoms with Gasteiger partial charge in [0.05, 0.1) is 4.47 Å². The lowest BCUT2D eigenvalue weighted by Gasteiger charge is -2.17. The van der Waals surface area contributed by atoms with Crippen LogP contribution in [0.25, 0.3) is 0 Å². The zero-order valence-electron chi connectivity index (χ0n) is 9.27. The quantitative estimate of drug-likeness (QED) is 0.874. The van der Waals surface area contributed by atoms with E-state index < -0.39 is 12.0 Å². The van der Waals surface area contributed by atoms with E-state index >= 15 is 0 Å². The van der Waals surface area contributed by atoms with Gasteiger partial charge in [-0.2, -0.15) is 0 Å². The Bertz CT molecular complexity index is 369. The second-order valence-electron chi connectivity index (χ2n) is 4.00. The number of hydrogen-bond donors (Lipinski definition) is 2. The second-order valence-corrected chi connectivity index (χ2v) is 4.85. The van der Waals surface area contributed by atoms with Crippen LogP contribution in [-0.4, -0.2) is 22.1 Å². The molecule has 0 bridgehead atoms. The summed E-state index contributed by atoms with van der Waals surface area (Å²) in [4.78, 5) is 15.1. The number of pyridine rings is 1. The highest BCUT2D eigenvalue weighted by atomic mass is 79.9. The van der Waals surface area contributed by atoms with Gasteiger partial charge >= 0.3 is 5.97 Å². The molecule has 0 aliphatic heterocycles. The van der Waals surface area contributed by atoms with E-state index in [1.165, 1.54) is 0 Å². The maximum atomic E-state index is 11.0. The van der Waals surface area contributed by atoms with E-state index in [2.05, 4.69) is 26.2 Å². The maximum absolute atomic E-state index is 11.0. The fourth-order valence-electron chi connectivity index (χ4n) is 1.35. The Hall–Kier alpha value is -1.10. The number of carboxylic acid groups (broad SMARTS) is 1. The molecule has 0 fully saturated rings. The monoisotopic (exact) mass is 286 g/mol. The Kier molecular flexibility index (Phi) is 4.73. The number of halogens is 1. The Morgan fingerprint density at radius 2 is 2.31 bits per heavy atom. The molecule has 0 unspecified atom stereocenters. The number of rotatable bonds is 5. The van der Waals surface area contributed by atoms with Crippen LogP contribution >= 0.6 is 15.9 Å². The SMILES string of the molecule is CC(C)C[C@H](Nc1ncccc1Br)C(=O)O. The van der Waals surface area contributed by atoms with Crippen molar-refractivity contribution in [3.63, 3.8) is 0 Å². The zero-order valence-corrected chi connectivity index (χ0v) is 10.9. The molecule has 1 atom stereocenters. The first-order valence-electron chi connectivity index (χ1n) is 5.10. The average Bonchev–Trinajstić information content (AvgIpc) is 2.19. The van der Waals surface area contributed by atoms with Crippen LogP contribution in [0.5, 0.6) is 0 Å². The number of aliphatic carboxylic acids is 1. The van der Waals surface area contributed by atoms with E-state index in [1.807, 2.05) is 19.9 Å². The zero-order chi connectivity index (χ0) is 12.1. The topological polar surface area (TPSA) is 62.2 Å². The standard InChI is InChI=1S/C11H15BrN2O2/c1-7(2)6-9(11(15)16)14-10-8(12)4-3-5-13-10/h3-5,7,9H,6H2,1-2H3,(H,13,14)(H,15,16)/t9-/m0/s1. The molecule has 4 nitrogen and oxygen atoms in total. The van der Waals surface area contributed by atoms with Crippen LogP contribution in [0.2, 0.25) is 0 Å². The first-order chi connectivity index (χ1) is 7.50. The summed E-state index contributed by atoms with van der Waals surface area (Å²) in [6, 6.07) is 3.00. The van der Waals surface area contributed by atoms with Gasteiger partial charge in [-0.3, -0.25) is 0 Å². The molecule has 0 saturated carbocycles. The summed E-state index contributed by atoms with van der Waals surface area (Å²) in [6.45, 7) is 3.98. The van der Waals surface area contributed by atoms with Gasteiger partial charge in [0, 0.05) is 6.20 Å². The third kappa shape index (κ3) is 3.81. The predicted octanol–water partition coefficient (Wildman–Crippen LogP) is 2.76. The summed E-state index contributed by atoms with van der Waals surface area (Å²) in [5.74, 6) is 0.0258. The van der Waals surface area contributed by atoms with E-state index in [4.69, 9.17) is 5.11 Å². The number of nitrogens with one attached hydrogen (secondary N) is 1. The Morgan fingerprint density at radius 1 is 1.62 bits per heavy atom. The third-order valence-corrected chi connectivity index (χ3v) is 2.71. The van der Waals surface area contributed by atoms with Crippen molar-refractivity contribution in [3.8, 4) is 0 Å². The molecule has 88 valence electrons. The van der Waals surface area contributed by atoms with Crippen LogP contribution < -0.4 is 5.32 Å². The minimum Gasteiger partial charge on any atom is -0.480 e. The molecule has 5 heteroatoms. The van der Waals surface area contributed by atoms with Crippen LogP contribution in [-0.2, 0) is 4.79 Å². The normalized spacial score (nSPS) is 12.5. The van der Waals surface area contributed by atoms with Crippen molar-refractivity contribution in [2.45, 2.75) is 26.3 Å². The van der Waals surface area contributed by atoms with Crippen LogP contribution in [0.1, 0.15) is 20.3 Å². The Morgan fingerprint density at radius 3 is 2.81 bits per heavy atom.